The predicted molar refractivity (Wildman–Crippen MR) is 61.8 cm³/mol. The number of nitrogens with one attached hydrogen (secondary N) is 1. The van der Waals surface area contributed by atoms with Crippen LogP contribution in [0, 0.1) is 5.92 Å². The quantitative estimate of drug-likeness (QED) is 0.871. The first-order valence-corrected chi connectivity index (χ1v) is 7.41. The third-order valence-corrected chi connectivity index (χ3v) is 3.75. The molecule has 1 aromatic heterocycles. The lowest BCUT2D eigenvalue weighted by molar-refractivity contribution is 0.352. The van der Waals surface area contributed by atoms with Gasteiger partial charge in [0.15, 0.2) is 5.82 Å². The monoisotopic (exact) mass is 259 g/mol. The van der Waals surface area contributed by atoms with Crippen molar-refractivity contribution < 1.29 is 12.9 Å². The van der Waals surface area contributed by atoms with Gasteiger partial charge in [0.1, 0.15) is 0 Å². The van der Waals surface area contributed by atoms with Gasteiger partial charge in [-0.3, -0.25) is 0 Å². The molecule has 1 aliphatic carbocycles. The third-order valence-electron chi connectivity index (χ3n) is 2.87. The first kappa shape index (κ1) is 12.5. The van der Waals surface area contributed by atoms with Crippen molar-refractivity contribution in [3.05, 3.63) is 11.7 Å². The van der Waals surface area contributed by atoms with Gasteiger partial charge in [-0.25, -0.2) is 13.1 Å². The van der Waals surface area contributed by atoms with Crippen molar-refractivity contribution in [2.75, 3.05) is 6.26 Å². The molecule has 2 rings (SSSR count). The summed E-state index contributed by atoms with van der Waals surface area (Å²) in [6.07, 6.45) is 2.17. The van der Waals surface area contributed by atoms with Crippen molar-refractivity contribution >= 4 is 10.0 Å². The van der Waals surface area contributed by atoms with E-state index in [4.69, 9.17) is 4.52 Å². The molecule has 0 unspecified atom stereocenters. The molecule has 1 heterocycles. The summed E-state index contributed by atoms with van der Waals surface area (Å²) in [5.74, 6) is 1.90. The van der Waals surface area contributed by atoms with Gasteiger partial charge in [-0.05, 0) is 26.2 Å². The lowest BCUT2D eigenvalue weighted by Crippen LogP contribution is -2.41. The van der Waals surface area contributed by atoms with Gasteiger partial charge in [-0.1, -0.05) is 12.1 Å². The molecule has 7 heteroatoms. The zero-order valence-electron chi connectivity index (χ0n) is 10.4. The van der Waals surface area contributed by atoms with Crippen LogP contribution in [0.3, 0.4) is 0 Å². The molecule has 0 aromatic carbocycles. The molecule has 0 amide bonds. The highest BCUT2D eigenvalue weighted by Gasteiger charge is 2.40. The Hall–Kier alpha value is -0.950. The van der Waals surface area contributed by atoms with Gasteiger partial charge in [-0.15, -0.1) is 0 Å². The first-order valence-electron chi connectivity index (χ1n) is 5.52. The van der Waals surface area contributed by atoms with E-state index in [0.717, 1.165) is 12.7 Å². The minimum atomic E-state index is -3.31. The molecule has 0 radical (unpaired) electrons. The summed E-state index contributed by atoms with van der Waals surface area (Å²) in [7, 11) is -3.31. The lowest BCUT2D eigenvalue weighted by Gasteiger charge is -2.20. The van der Waals surface area contributed by atoms with Crippen molar-refractivity contribution in [3.63, 3.8) is 0 Å². The number of rotatable bonds is 4. The summed E-state index contributed by atoms with van der Waals surface area (Å²) < 4.78 is 30.1. The van der Waals surface area contributed by atoms with Crippen LogP contribution < -0.4 is 4.72 Å². The second-order valence-corrected chi connectivity index (χ2v) is 7.02. The number of sulfonamides is 1. The molecule has 1 aromatic rings. The zero-order valence-corrected chi connectivity index (χ0v) is 11.2. The first-order chi connectivity index (χ1) is 7.69. The molecule has 1 saturated carbocycles. The maximum absolute atomic E-state index is 11.2. The standard InChI is InChI=1S/C10H17N3O3S/c1-6-5-7(6)8-11-9(12-16-8)10(2,3)13-17(4,14)15/h6-7,13H,5H2,1-4H3/t6-,7+/m1/s1. The Morgan fingerprint density at radius 2 is 2.06 bits per heavy atom. The van der Waals surface area contributed by atoms with E-state index < -0.39 is 15.6 Å². The molecule has 96 valence electrons. The zero-order chi connectivity index (χ0) is 12.8. The summed E-state index contributed by atoms with van der Waals surface area (Å²) in [4.78, 5) is 4.27. The van der Waals surface area contributed by atoms with Gasteiger partial charge in [0, 0.05) is 5.92 Å². The van der Waals surface area contributed by atoms with Gasteiger partial charge < -0.3 is 4.52 Å². The fourth-order valence-corrected chi connectivity index (χ4v) is 2.83. The maximum Gasteiger partial charge on any atom is 0.230 e. The minimum Gasteiger partial charge on any atom is -0.339 e. The van der Waals surface area contributed by atoms with E-state index in [0.29, 0.717) is 23.6 Å². The number of aromatic nitrogens is 2. The molecule has 17 heavy (non-hydrogen) atoms. The second kappa shape index (κ2) is 3.78. The van der Waals surface area contributed by atoms with Crippen LogP contribution in [0.4, 0.5) is 0 Å². The molecule has 1 N–H and O–H groups in total. The number of hydrogen-bond donors (Lipinski definition) is 1. The van der Waals surface area contributed by atoms with Crippen molar-refractivity contribution in [2.24, 2.45) is 5.92 Å². The van der Waals surface area contributed by atoms with E-state index in [9.17, 15) is 8.42 Å². The highest BCUT2D eigenvalue weighted by atomic mass is 32.2. The van der Waals surface area contributed by atoms with Crippen LogP contribution >= 0.6 is 0 Å². The topological polar surface area (TPSA) is 85.1 Å². The van der Waals surface area contributed by atoms with Gasteiger partial charge in [0.2, 0.25) is 15.9 Å². The van der Waals surface area contributed by atoms with Crippen LogP contribution in [0.2, 0.25) is 0 Å². The van der Waals surface area contributed by atoms with Gasteiger partial charge in [0.25, 0.3) is 0 Å². The molecule has 2 atom stereocenters. The normalized spacial score (nSPS) is 24.9. The summed E-state index contributed by atoms with van der Waals surface area (Å²) >= 11 is 0. The molecule has 1 fully saturated rings. The van der Waals surface area contributed by atoms with E-state index >= 15 is 0 Å². The molecule has 0 saturated heterocycles. The summed E-state index contributed by atoms with van der Waals surface area (Å²) in [6.45, 7) is 5.53. The Labute approximate surface area is 101 Å². The van der Waals surface area contributed by atoms with Gasteiger partial charge in [-0.2, -0.15) is 4.98 Å². The van der Waals surface area contributed by atoms with Crippen molar-refractivity contribution in [1.29, 1.82) is 0 Å². The molecule has 0 spiro atoms. The van der Waals surface area contributed by atoms with E-state index in [-0.39, 0.29) is 0 Å². The van der Waals surface area contributed by atoms with E-state index in [1.807, 2.05) is 0 Å². The predicted octanol–water partition coefficient (Wildman–Crippen LogP) is 0.977. The highest BCUT2D eigenvalue weighted by molar-refractivity contribution is 7.88. The van der Waals surface area contributed by atoms with Crippen LogP contribution in [0.5, 0.6) is 0 Å². The van der Waals surface area contributed by atoms with Gasteiger partial charge >= 0.3 is 0 Å². The SMILES string of the molecule is C[C@@H]1C[C@@H]1c1nc(C(C)(C)NS(C)(=O)=O)no1. The van der Waals surface area contributed by atoms with E-state index in [1.54, 1.807) is 13.8 Å². The van der Waals surface area contributed by atoms with Gasteiger partial charge in [0.05, 0.1) is 11.8 Å². The fraction of sp³-hybridized carbons (Fsp3) is 0.800. The summed E-state index contributed by atoms with van der Waals surface area (Å²) in [6, 6.07) is 0. The Balaban J connectivity index is 2.19. The Morgan fingerprint density at radius 3 is 2.53 bits per heavy atom. The van der Waals surface area contributed by atoms with Crippen molar-refractivity contribution in [3.8, 4) is 0 Å². The fourth-order valence-electron chi connectivity index (χ4n) is 1.81. The average molecular weight is 259 g/mol. The van der Waals surface area contributed by atoms with Crippen molar-refractivity contribution in [1.82, 2.24) is 14.9 Å². The summed E-state index contributed by atoms with van der Waals surface area (Å²) in [5.41, 5.74) is -0.854. The molecule has 0 bridgehead atoms. The average Bonchev–Trinajstić information content (AvgIpc) is 2.67. The number of nitrogens with zero attached hydrogens (tertiary/aromatic N) is 2. The van der Waals surface area contributed by atoms with Crippen LogP contribution in [0.15, 0.2) is 4.52 Å². The Kier molecular flexibility index (Phi) is 2.78. The van der Waals surface area contributed by atoms with Crippen molar-refractivity contribution in [2.45, 2.75) is 38.6 Å². The smallest absolute Gasteiger partial charge is 0.230 e. The molecular formula is C10H17N3O3S. The minimum absolute atomic E-state index is 0.338. The lowest BCUT2D eigenvalue weighted by atomic mass is 10.1. The van der Waals surface area contributed by atoms with E-state index in [1.165, 1.54) is 0 Å². The second-order valence-electron chi connectivity index (χ2n) is 5.27. The largest absolute Gasteiger partial charge is 0.339 e. The molecule has 6 nitrogen and oxygen atoms in total. The van der Waals surface area contributed by atoms with E-state index in [2.05, 4.69) is 21.8 Å². The third kappa shape index (κ3) is 2.84. The Morgan fingerprint density at radius 1 is 1.47 bits per heavy atom. The highest BCUT2D eigenvalue weighted by Crippen LogP contribution is 2.46. The van der Waals surface area contributed by atoms with Crippen LogP contribution in [-0.2, 0) is 15.6 Å². The number of hydrogen-bond acceptors (Lipinski definition) is 5. The maximum atomic E-state index is 11.2. The summed E-state index contributed by atoms with van der Waals surface area (Å²) in [5, 5.41) is 3.85. The van der Waals surface area contributed by atoms with Crippen LogP contribution in [-0.4, -0.2) is 24.8 Å². The Bertz CT molecular complexity index is 521. The van der Waals surface area contributed by atoms with Crippen LogP contribution in [0.25, 0.3) is 0 Å². The molecule has 0 aliphatic heterocycles. The molecule has 1 aliphatic rings. The van der Waals surface area contributed by atoms with Crippen LogP contribution in [0.1, 0.15) is 44.8 Å². The molecular weight excluding hydrogens is 242 g/mol.